The van der Waals surface area contributed by atoms with E-state index < -0.39 is 0 Å². The molecule has 26 heavy (non-hydrogen) atoms. The topological polar surface area (TPSA) is 66.9 Å². The maximum absolute atomic E-state index is 12.4. The predicted octanol–water partition coefficient (Wildman–Crippen LogP) is 4.69. The second-order valence-corrected chi connectivity index (χ2v) is 6.44. The van der Waals surface area contributed by atoms with Crippen LogP contribution in [-0.4, -0.2) is 22.4 Å². The first-order chi connectivity index (χ1) is 12.6. The third-order valence-electron chi connectivity index (χ3n) is 3.58. The van der Waals surface area contributed by atoms with Crippen molar-refractivity contribution in [2.45, 2.75) is 6.42 Å². The molecular formula is C19H16Cl2N4O. The lowest BCUT2D eigenvalue weighted by Gasteiger charge is -2.08. The molecule has 0 bridgehead atoms. The molecule has 0 atom stereocenters. The first kappa shape index (κ1) is 18.2. The van der Waals surface area contributed by atoms with Crippen LogP contribution in [0.3, 0.4) is 0 Å². The van der Waals surface area contributed by atoms with Gasteiger partial charge in [0.05, 0.1) is 0 Å². The minimum atomic E-state index is -0.364. The van der Waals surface area contributed by atoms with Crippen molar-refractivity contribution in [1.29, 1.82) is 0 Å². The maximum atomic E-state index is 12.4. The summed E-state index contributed by atoms with van der Waals surface area (Å²) >= 11 is 11.9. The highest BCUT2D eigenvalue weighted by atomic mass is 35.5. The zero-order valence-corrected chi connectivity index (χ0v) is 15.3. The number of nitrogens with zero attached hydrogens (tertiary/aromatic N) is 2. The van der Waals surface area contributed by atoms with Gasteiger partial charge in [-0.2, -0.15) is 0 Å². The standard InChI is InChI=1S/C19H16Cl2N4O/c20-14-8-15(21)10-16(9-14)25-19(26)17-11-18(24-12-23-17)22-7-6-13-4-2-1-3-5-13/h1-5,8-12H,6-7H2,(H,25,26)(H,22,23,24). The van der Waals surface area contributed by atoms with Gasteiger partial charge in [0, 0.05) is 28.3 Å². The fourth-order valence-corrected chi connectivity index (χ4v) is 2.90. The van der Waals surface area contributed by atoms with Crippen LogP contribution in [0.4, 0.5) is 11.5 Å². The van der Waals surface area contributed by atoms with Crippen molar-refractivity contribution in [2.24, 2.45) is 0 Å². The monoisotopic (exact) mass is 386 g/mol. The van der Waals surface area contributed by atoms with Crippen LogP contribution < -0.4 is 10.6 Å². The smallest absolute Gasteiger partial charge is 0.274 e. The minimum absolute atomic E-state index is 0.248. The second-order valence-electron chi connectivity index (χ2n) is 5.56. The van der Waals surface area contributed by atoms with Crippen molar-refractivity contribution in [3.63, 3.8) is 0 Å². The van der Waals surface area contributed by atoms with Gasteiger partial charge in [-0.05, 0) is 30.2 Å². The summed E-state index contributed by atoms with van der Waals surface area (Å²) in [6.07, 6.45) is 2.21. The largest absolute Gasteiger partial charge is 0.370 e. The van der Waals surface area contributed by atoms with Crippen LogP contribution in [0.25, 0.3) is 0 Å². The van der Waals surface area contributed by atoms with Crippen molar-refractivity contribution < 1.29 is 4.79 Å². The number of aromatic nitrogens is 2. The molecule has 1 heterocycles. The van der Waals surface area contributed by atoms with Crippen molar-refractivity contribution in [3.8, 4) is 0 Å². The average molecular weight is 387 g/mol. The molecule has 0 unspecified atom stereocenters. The van der Waals surface area contributed by atoms with E-state index in [1.54, 1.807) is 24.3 Å². The molecule has 3 rings (SSSR count). The van der Waals surface area contributed by atoms with Gasteiger partial charge in [-0.25, -0.2) is 9.97 Å². The number of benzene rings is 2. The number of anilines is 2. The molecular weight excluding hydrogens is 371 g/mol. The number of hydrogen-bond acceptors (Lipinski definition) is 4. The summed E-state index contributed by atoms with van der Waals surface area (Å²) in [5.41, 5.74) is 1.98. The molecule has 7 heteroatoms. The Kier molecular flexibility index (Phi) is 6.04. The highest BCUT2D eigenvalue weighted by molar-refractivity contribution is 6.35. The number of nitrogens with one attached hydrogen (secondary N) is 2. The maximum Gasteiger partial charge on any atom is 0.274 e. The summed E-state index contributed by atoms with van der Waals surface area (Å²) in [5.74, 6) is 0.224. The van der Waals surface area contributed by atoms with Crippen LogP contribution in [0.5, 0.6) is 0 Å². The van der Waals surface area contributed by atoms with Gasteiger partial charge < -0.3 is 10.6 Å². The van der Waals surface area contributed by atoms with E-state index in [-0.39, 0.29) is 11.6 Å². The molecule has 132 valence electrons. The van der Waals surface area contributed by atoms with E-state index in [0.29, 0.717) is 28.1 Å². The fourth-order valence-electron chi connectivity index (χ4n) is 2.38. The highest BCUT2D eigenvalue weighted by Gasteiger charge is 2.10. The molecule has 0 aliphatic carbocycles. The lowest BCUT2D eigenvalue weighted by Crippen LogP contribution is -2.15. The molecule has 1 aromatic heterocycles. The van der Waals surface area contributed by atoms with E-state index >= 15 is 0 Å². The third kappa shape index (κ3) is 5.18. The first-order valence-corrected chi connectivity index (χ1v) is 8.73. The lowest BCUT2D eigenvalue weighted by atomic mass is 10.1. The Morgan fingerprint density at radius 3 is 2.42 bits per heavy atom. The Labute approximate surface area is 161 Å². The zero-order chi connectivity index (χ0) is 18.4. The summed E-state index contributed by atoms with van der Waals surface area (Å²) in [7, 11) is 0. The Morgan fingerprint density at radius 1 is 0.962 bits per heavy atom. The zero-order valence-electron chi connectivity index (χ0n) is 13.7. The Bertz CT molecular complexity index is 883. The molecule has 1 amide bonds. The van der Waals surface area contributed by atoms with Crippen LogP contribution in [-0.2, 0) is 6.42 Å². The molecule has 0 saturated heterocycles. The van der Waals surface area contributed by atoms with Crippen LogP contribution in [0, 0.1) is 0 Å². The molecule has 0 aliphatic rings. The van der Waals surface area contributed by atoms with Crippen molar-refractivity contribution >= 4 is 40.6 Å². The molecule has 2 N–H and O–H groups in total. The van der Waals surface area contributed by atoms with Crippen molar-refractivity contribution in [3.05, 3.63) is 82.2 Å². The lowest BCUT2D eigenvalue weighted by molar-refractivity contribution is 0.102. The Hall–Kier alpha value is -2.63. The Balaban J connectivity index is 1.61. The summed E-state index contributed by atoms with van der Waals surface area (Å²) < 4.78 is 0. The Morgan fingerprint density at radius 2 is 1.69 bits per heavy atom. The second kappa shape index (κ2) is 8.65. The molecule has 5 nitrogen and oxygen atoms in total. The predicted molar refractivity (Wildman–Crippen MR) is 105 cm³/mol. The minimum Gasteiger partial charge on any atom is -0.370 e. The summed E-state index contributed by atoms with van der Waals surface area (Å²) in [6, 6.07) is 16.6. The number of carbonyl (C=O) groups excluding carboxylic acids is 1. The molecule has 0 saturated carbocycles. The van der Waals surface area contributed by atoms with Gasteiger partial charge in [0.1, 0.15) is 17.8 Å². The molecule has 0 fully saturated rings. The van der Waals surface area contributed by atoms with Gasteiger partial charge >= 0.3 is 0 Å². The molecule has 3 aromatic rings. The highest BCUT2D eigenvalue weighted by Crippen LogP contribution is 2.22. The summed E-state index contributed by atoms with van der Waals surface area (Å²) in [4.78, 5) is 20.5. The van der Waals surface area contributed by atoms with Crippen LogP contribution >= 0.6 is 23.2 Å². The quantitative estimate of drug-likeness (QED) is 0.644. The van der Waals surface area contributed by atoms with E-state index in [4.69, 9.17) is 23.2 Å². The SMILES string of the molecule is O=C(Nc1cc(Cl)cc(Cl)c1)c1cc(NCCc2ccccc2)ncn1. The van der Waals surface area contributed by atoms with Gasteiger partial charge in [0.15, 0.2) is 0 Å². The molecule has 0 spiro atoms. The van der Waals surface area contributed by atoms with E-state index in [0.717, 1.165) is 6.42 Å². The summed E-state index contributed by atoms with van der Waals surface area (Å²) in [6.45, 7) is 0.700. The van der Waals surface area contributed by atoms with Gasteiger partial charge in [0.2, 0.25) is 0 Å². The van der Waals surface area contributed by atoms with E-state index in [1.807, 2.05) is 18.2 Å². The van der Waals surface area contributed by atoms with Gasteiger partial charge in [-0.15, -0.1) is 0 Å². The molecule has 0 radical (unpaired) electrons. The number of rotatable bonds is 6. The van der Waals surface area contributed by atoms with Gasteiger partial charge in [0.25, 0.3) is 5.91 Å². The van der Waals surface area contributed by atoms with Crippen LogP contribution in [0.2, 0.25) is 10.0 Å². The van der Waals surface area contributed by atoms with Crippen molar-refractivity contribution in [1.82, 2.24) is 9.97 Å². The van der Waals surface area contributed by atoms with E-state index in [1.165, 1.54) is 11.9 Å². The van der Waals surface area contributed by atoms with E-state index in [2.05, 4.69) is 32.7 Å². The van der Waals surface area contributed by atoms with E-state index in [9.17, 15) is 4.79 Å². The van der Waals surface area contributed by atoms with Crippen molar-refractivity contribution in [2.75, 3.05) is 17.2 Å². The number of carbonyl (C=O) groups is 1. The average Bonchev–Trinajstić information content (AvgIpc) is 2.62. The fraction of sp³-hybridized carbons (Fsp3) is 0.105. The molecule has 2 aromatic carbocycles. The number of amides is 1. The first-order valence-electron chi connectivity index (χ1n) is 7.97. The normalized spacial score (nSPS) is 10.4. The van der Waals surface area contributed by atoms with Gasteiger partial charge in [-0.1, -0.05) is 53.5 Å². The van der Waals surface area contributed by atoms with Crippen LogP contribution in [0.1, 0.15) is 16.1 Å². The van der Waals surface area contributed by atoms with Crippen LogP contribution in [0.15, 0.2) is 60.9 Å². The molecule has 0 aliphatic heterocycles. The number of hydrogen-bond donors (Lipinski definition) is 2. The van der Waals surface area contributed by atoms with Gasteiger partial charge in [-0.3, -0.25) is 4.79 Å². The third-order valence-corrected chi connectivity index (χ3v) is 4.02. The summed E-state index contributed by atoms with van der Waals surface area (Å²) in [5, 5.41) is 6.81. The number of halogens is 2.